The molecule has 21 heavy (non-hydrogen) atoms. The van der Waals surface area contributed by atoms with Gasteiger partial charge in [-0.1, -0.05) is 19.3 Å². The van der Waals surface area contributed by atoms with E-state index < -0.39 is 37.5 Å². The van der Waals surface area contributed by atoms with Gasteiger partial charge in [0.15, 0.2) is 0 Å². The molecule has 0 radical (unpaired) electrons. The van der Waals surface area contributed by atoms with Gasteiger partial charge in [0.05, 0.1) is 12.2 Å². The maximum absolute atomic E-state index is 14.6. The molecule has 1 unspecified atom stereocenters. The van der Waals surface area contributed by atoms with Crippen LogP contribution in [0.5, 0.6) is 0 Å². The van der Waals surface area contributed by atoms with E-state index in [0.29, 0.717) is 12.8 Å². The van der Waals surface area contributed by atoms with E-state index in [9.17, 15) is 18.5 Å². The van der Waals surface area contributed by atoms with Crippen molar-refractivity contribution < 1.29 is 27.5 Å². The van der Waals surface area contributed by atoms with Crippen molar-refractivity contribution in [2.45, 2.75) is 83.8 Å². The minimum Gasteiger partial charge on any atom is -0.386 e. The molecule has 1 aliphatic rings. The predicted octanol–water partition coefficient (Wildman–Crippen LogP) is 4.56. The van der Waals surface area contributed by atoms with Crippen molar-refractivity contribution in [3.8, 4) is 0 Å². The highest BCUT2D eigenvalue weighted by atomic mass is 31.2. The second-order valence-corrected chi connectivity index (χ2v) is 8.25. The highest BCUT2D eigenvalue weighted by Gasteiger charge is 2.61. The SMILES string of the molecule is CC(C)OP(=O)(OC(C)C)C(F)(F)C(O)C1CCCCC1. The number of halogens is 2. The summed E-state index contributed by atoms with van der Waals surface area (Å²) in [5, 5.41) is 10.1. The largest absolute Gasteiger partial charge is 0.402 e. The van der Waals surface area contributed by atoms with Crippen LogP contribution in [0.3, 0.4) is 0 Å². The fraction of sp³-hybridized carbons (Fsp3) is 1.00. The first-order valence-corrected chi connectivity index (χ1v) is 9.17. The van der Waals surface area contributed by atoms with Gasteiger partial charge in [0.25, 0.3) is 0 Å². The third kappa shape index (κ3) is 4.72. The van der Waals surface area contributed by atoms with Crippen LogP contribution in [0.2, 0.25) is 0 Å². The summed E-state index contributed by atoms with van der Waals surface area (Å²) < 4.78 is 51.7. The van der Waals surface area contributed by atoms with Gasteiger partial charge in [-0.2, -0.15) is 8.78 Å². The number of alkyl halides is 2. The smallest absolute Gasteiger partial charge is 0.386 e. The Morgan fingerprint density at radius 2 is 1.48 bits per heavy atom. The van der Waals surface area contributed by atoms with Crippen LogP contribution < -0.4 is 0 Å². The van der Waals surface area contributed by atoms with Crippen LogP contribution in [0.4, 0.5) is 8.78 Å². The van der Waals surface area contributed by atoms with Crippen molar-refractivity contribution in [3.05, 3.63) is 0 Å². The zero-order chi connectivity index (χ0) is 16.3. The fourth-order valence-electron chi connectivity index (χ4n) is 2.62. The first-order valence-electron chi connectivity index (χ1n) is 7.63. The van der Waals surface area contributed by atoms with E-state index >= 15 is 0 Å². The van der Waals surface area contributed by atoms with Crippen molar-refractivity contribution in [1.29, 1.82) is 0 Å². The molecule has 0 aromatic rings. The lowest BCUT2D eigenvalue weighted by Gasteiger charge is -2.36. The summed E-state index contributed by atoms with van der Waals surface area (Å²) in [6.45, 7) is 6.05. The van der Waals surface area contributed by atoms with Crippen LogP contribution in [0, 0.1) is 5.92 Å². The molecule has 0 aromatic carbocycles. The molecule has 0 saturated heterocycles. The predicted molar refractivity (Wildman–Crippen MR) is 77.6 cm³/mol. The molecule has 0 spiro atoms. The number of aliphatic hydroxyl groups excluding tert-OH is 1. The fourth-order valence-corrected chi connectivity index (χ4v) is 4.59. The zero-order valence-electron chi connectivity index (χ0n) is 13.2. The van der Waals surface area contributed by atoms with E-state index in [1.54, 1.807) is 0 Å². The molecule has 0 bridgehead atoms. The third-order valence-electron chi connectivity index (χ3n) is 3.52. The Morgan fingerprint density at radius 1 is 1.05 bits per heavy atom. The minimum atomic E-state index is -4.74. The Hall–Kier alpha value is -0.0300. The normalized spacial score (nSPS) is 20.2. The quantitative estimate of drug-likeness (QED) is 0.696. The Labute approximate surface area is 125 Å². The molecule has 0 aromatic heterocycles. The van der Waals surface area contributed by atoms with Crippen LogP contribution in [0.1, 0.15) is 59.8 Å². The molecule has 1 atom stereocenters. The van der Waals surface area contributed by atoms with Crippen molar-refractivity contribution in [2.24, 2.45) is 5.92 Å². The highest BCUT2D eigenvalue weighted by molar-refractivity contribution is 7.55. The Morgan fingerprint density at radius 3 is 1.86 bits per heavy atom. The third-order valence-corrected chi connectivity index (χ3v) is 5.91. The second kappa shape index (κ2) is 7.49. The molecule has 7 heteroatoms. The zero-order valence-corrected chi connectivity index (χ0v) is 14.1. The van der Waals surface area contributed by atoms with E-state index in [1.807, 2.05) is 0 Å². The molecule has 1 aliphatic carbocycles. The Balaban J connectivity index is 2.98. The summed E-state index contributed by atoms with van der Waals surface area (Å²) in [6.07, 6.45) is 0.257. The molecule has 0 amide bonds. The van der Waals surface area contributed by atoms with Gasteiger partial charge in [-0.25, -0.2) is 0 Å². The van der Waals surface area contributed by atoms with Crippen molar-refractivity contribution in [2.75, 3.05) is 0 Å². The van der Waals surface area contributed by atoms with Gasteiger partial charge >= 0.3 is 13.3 Å². The standard InChI is InChI=1S/C14H27F2O4P/c1-10(2)19-21(18,20-11(3)4)14(15,16)13(17)12-8-6-5-7-9-12/h10-13,17H,5-9H2,1-4H3. The summed E-state index contributed by atoms with van der Waals surface area (Å²) in [7, 11) is -4.74. The number of rotatable bonds is 7. The summed E-state index contributed by atoms with van der Waals surface area (Å²) in [6, 6.07) is 0. The maximum Gasteiger partial charge on any atom is 0.402 e. The van der Waals surface area contributed by atoms with Crippen molar-refractivity contribution in [3.63, 3.8) is 0 Å². The van der Waals surface area contributed by atoms with E-state index in [1.165, 1.54) is 27.7 Å². The van der Waals surface area contributed by atoms with Crippen molar-refractivity contribution in [1.82, 2.24) is 0 Å². The molecule has 0 aliphatic heterocycles. The lowest BCUT2D eigenvalue weighted by Crippen LogP contribution is -2.42. The van der Waals surface area contributed by atoms with E-state index in [0.717, 1.165) is 19.3 Å². The van der Waals surface area contributed by atoms with Gasteiger partial charge in [0, 0.05) is 0 Å². The van der Waals surface area contributed by atoms with Gasteiger partial charge in [-0.05, 0) is 46.5 Å². The van der Waals surface area contributed by atoms with Gasteiger partial charge in [-0.3, -0.25) is 4.57 Å². The molecule has 126 valence electrons. The molecule has 1 fully saturated rings. The summed E-state index contributed by atoms with van der Waals surface area (Å²) in [5.41, 5.74) is -3.90. The van der Waals surface area contributed by atoms with Crippen LogP contribution in [-0.4, -0.2) is 29.1 Å². The Kier molecular flexibility index (Phi) is 6.79. The van der Waals surface area contributed by atoms with Gasteiger partial charge in [0.2, 0.25) is 0 Å². The van der Waals surface area contributed by atoms with Crippen LogP contribution in [0.15, 0.2) is 0 Å². The molecule has 1 rings (SSSR count). The van der Waals surface area contributed by atoms with E-state index in [2.05, 4.69) is 0 Å². The van der Waals surface area contributed by atoms with Gasteiger partial charge in [0.1, 0.15) is 6.10 Å². The summed E-state index contributed by atoms with van der Waals surface area (Å²) >= 11 is 0. The molecule has 1 saturated carbocycles. The van der Waals surface area contributed by atoms with Crippen LogP contribution >= 0.6 is 7.60 Å². The molecule has 0 heterocycles. The van der Waals surface area contributed by atoms with E-state index in [4.69, 9.17) is 9.05 Å². The molecular weight excluding hydrogens is 301 g/mol. The van der Waals surface area contributed by atoms with Crippen molar-refractivity contribution >= 4 is 7.60 Å². The van der Waals surface area contributed by atoms with Gasteiger partial charge < -0.3 is 14.2 Å². The lowest BCUT2D eigenvalue weighted by molar-refractivity contribution is -0.101. The second-order valence-electron chi connectivity index (χ2n) is 6.24. The maximum atomic E-state index is 14.6. The lowest BCUT2D eigenvalue weighted by atomic mass is 9.85. The summed E-state index contributed by atoms with van der Waals surface area (Å²) in [5.74, 6) is -0.561. The number of aliphatic hydroxyl groups is 1. The van der Waals surface area contributed by atoms with Crippen LogP contribution in [-0.2, 0) is 13.6 Å². The minimum absolute atomic E-state index is 0.514. The van der Waals surface area contributed by atoms with Crippen LogP contribution in [0.25, 0.3) is 0 Å². The monoisotopic (exact) mass is 328 g/mol. The van der Waals surface area contributed by atoms with Gasteiger partial charge in [-0.15, -0.1) is 0 Å². The molecular formula is C14H27F2O4P. The number of hydrogen-bond acceptors (Lipinski definition) is 4. The molecule has 4 nitrogen and oxygen atoms in total. The van der Waals surface area contributed by atoms with E-state index in [-0.39, 0.29) is 0 Å². The summed E-state index contributed by atoms with van der Waals surface area (Å²) in [4.78, 5) is 0. The average molecular weight is 328 g/mol. The topological polar surface area (TPSA) is 55.8 Å². The average Bonchev–Trinajstić information content (AvgIpc) is 2.36. The number of hydrogen-bond donors (Lipinski definition) is 1. The highest BCUT2D eigenvalue weighted by Crippen LogP contribution is 2.65. The first-order chi connectivity index (χ1) is 9.60. The Bertz CT molecular complexity index is 354. The molecule has 1 N–H and O–H groups in total. The first kappa shape index (κ1) is 19.0.